The van der Waals surface area contributed by atoms with E-state index in [2.05, 4.69) is 4.98 Å². The molecule has 1 aromatic carbocycles. The lowest BCUT2D eigenvalue weighted by molar-refractivity contribution is 0.173. The summed E-state index contributed by atoms with van der Waals surface area (Å²) in [6, 6.07) is 9.39. The van der Waals surface area contributed by atoms with Gasteiger partial charge in [0.25, 0.3) is 0 Å². The fourth-order valence-corrected chi connectivity index (χ4v) is 4.86. The molecule has 0 bridgehead atoms. The molecule has 4 rings (SSSR count). The highest BCUT2D eigenvalue weighted by Gasteiger charge is 2.50. The first-order valence-electron chi connectivity index (χ1n) is 7.94. The summed E-state index contributed by atoms with van der Waals surface area (Å²) < 4.78 is 13.5. The maximum absolute atomic E-state index is 13.5. The number of aliphatic hydroxyl groups excluding tert-OH is 1. The summed E-state index contributed by atoms with van der Waals surface area (Å²) in [6.07, 6.45) is 3.78. The fraction of sp³-hybridized carbons (Fsp3) is 0.368. The molecule has 1 aromatic heterocycles. The van der Waals surface area contributed by atoms with Crippen LogP contribution in [0.25, 0.3) is 11.1 Å². The molecule has 1 aliphatic carbocycles. The normalized spacial score (nSPS) is 28.0. The molecule has 0 unspecified atom stereocenters. The molecular weight excluding hydrogens is 337 g/mol. The van der Waals surface area contributed by atoms with Crippen molar-refractivity contribution in [1.29, 1.82) is 0 Å². The minimum Gasteiger partial charge on any atom is -0.393 e. The Bertz CT molecular complexity index is 813. The first-order valence-corrected chi connectivity index (χ1v) is 8.93. The van der Waals surface area contributed by atoms with Gasteiger partial charge >= 0.3 is 0 Å². The number of halogens is 1. The van der Waals surface area contributed by atoms with Crippen LogP contribution in [0.5, 0.6) is 0 Å². The van der Waals surface area contributed by atoms with Gasteiger partial charge in [-0.15, -0.1) is 0 Å². The maximum Gasteiger partial charge on any atom is 0.154 e. The third-order valence-electron chi connectivity index (χ3n) is 4.92. The SMILES string of the molecule is C.NC1=N[C@@]2(c3cccc(-c4cncc(F)c4)c3)C[C@H](O)C[C@H]2CS1. The number of benzene rings is 1. The summed E-state index contributed by atoms with van der Waals surface area (Å²) in [4.78, 5) is 8.68. The van der Waals surface area contributed by atoms with Crippen molar-refractivity contribution >= 4 is 16.9 Å². The Morgan fingerprint density at radius 1 is 1.24 bits per heavy atom. The van der Waals surface area contributed by atoms with E-state index in [0.29, 0.717) is 11.6 Å². The number of fused-ring (bicyclic) bond motifs is 1. The van der Waals surface area contributed by atoms with Crippen molar-refractivity contribution in [3.8, 4) is 11.1 Å². The molecule has 4 nitrogen and oxygen atoms in total. The third kappa shape index (κ3) is 3.16. The van der Waals surface area contributed by atoms with Gasteiger partial charge in [0.2, 0.25) is 0 Å². The minimum atomic E-state index is -0.481. The maximum atomic E-state index is 13.5. The van der Waals surface area contributed by atoms with Crippen LogP contribution in [0, 0.1) is 11.7 Å². The first kappa shape index (κ1) is 17.9. The van der Waals surface area contributed by atoms with Crippen LogP contribution in [0.3, 0.4) is 0 Å². The number of thioether (sulfide) groups is 1. The highest BCUT2D eigenvalue weighted by atomic mass is 32.2. The second kappa shape index (κ2) is 6.77. The van der Waals surface area contributed by atoms with Crippen molar-refractivity contribution in [1.82, 2.24) is 4.98 Å². The Hall–Kier alpha value is -1.92. The first-order chi connectivity index (χ1) is 11.6. The Morgan fingerprint density at radius 2 is 2.08 bits per heavy atom. The van der Waals surface area contributed by atoms with E-state index in [4.69, 9.17) is 10.7 Å². The molecule has 2 heterocycles. The van der Waals surface area contributed by atoms with Gasteiger partial charge in [0, 0.05) is 29.9 Å². The fourth-order valence-electron chi connectivity index (χ4n) is 3.85. The van der Waals surface area contributed by atoms with E-state index in [1.807, 2.05) is 24.3 Å². The summed E-state index contributed by atoms with van der Waals surface area (Å²) >= 11 is 1.55. The molecule has 2 aliphatic rings. The van der Waals surface area contributed by atoms with E-state index in [0.717, 1.165) is 28.9 Å². The van der Waals surface area contributed by atoms with Gasteiger partial charge in [0.05, 0.1) is 17.8 Å². The van der Waals surface area contributed by atoms with Crippen LogP contribution in [-0.4, -0.2) is 27.1 Å². The Morgan fingerprint density at radius 3 is 2.88 bits per heavy atom. The molecule has 3 N–H and O–H groups in total. The topological polar surface area (TPSA) is 71.5 Å². The molecule has 0 spiro atoms. The summed E-state index contributed by atoms with van der Waals surface area (Å²) in [5.74, 6) is 0.755. The molecule has 0 radical (unpaired) electrons. The van der Waals surface area contributed by atoms with Crippen molar-refractivity contribution in [3.05, 3.63) is 54.1 Å². The van der Waals surface area contributed by atoms with Gasteiger partial charge in [-0.3, -0.25) is 9.98 Å². The van der Waals surface area contributed by atoms with Crippen molar-refractivity contribution in [2.24, 2.45) is 16.6 Å². The largest absolute Gasteiger partial charge is 0.393 e. The van der Waals surface area contributed by atoms with Crippen LogP contribution >= 0.6 is 11.8 Å². The van der Waals surface area contributed by atoms with Gasteiger partial charge in [0.15, 0.2) is 5.17 Å². The lowest BCUT2D eigenvalue weighted by atomic mass is 9.80. The summed E-state index contributed by atoms with van der Waals surface area (Å²) in [7, 11) is 0. The molecule has 1 aliphatic heterocycles. The van der Waals surface area contributed by atoms with E-state index >= 15 is 0 Å². The number of hydrogen-bond donors (Lipinski definition) is 2. The van der Waals surface area contributed by atoms with Gasteiger partial charge < -0.3 is 10.8 Å². The number of aliphatic imine (C=N–C) groups is 1. The van der Waals surface area contributed by atoms with Crippen molar-refractivity contribution < 1.29 is 9.50 Å². The highest BCUT2D eigenvalue weighted by Crippen LogP contribution is 2.51. The monoisotopic (exact) mass is 359 g/mol. The minimum absolute atomic E-state index is 0. The molecule has 1 saturated carbocycles. The third-order valence-corrected chi connectivity index (χ3v) is 5.88. The van der Waals surface area contributed by atoms with Gasteiger partial charge in [-0.2, -0.15) is 0 Å². The predicted octanol–water partition coefficient (Wildman–Crippen LogP) is 3.55. The van der Waals surface area contributed by atoms with Crippen LogP contribution in [-0.2, 0) is 5.54 Å². The number of pyridine rings is 1. The zero-order valence-corrected chi connectivity index (χ0v) is 13.8. The second-order valence-corrected chi connectivity index (χ2v) is 7.49. The highest BCUT2D eigenvalue weighted by molar-refractivity contribution is 8.13. The van der Waals surface area contributed by atoms with E-state index in [9.17, 15) is 9.50 Å². The number of nitrogens with zero attached hydrogens (tertiary/aromatic N) is 2. The van der Waals surface area contributed by atoms with E-state index in [-0.39, 0.29) is 25.3 Å². The van der Waals surface area contributed by atoms with E-state index in [1.165, 1.54) is 12.3 Å². The molecule has 0 amide bonds. The Labute approximate surface area is 151 Å². The molecule has 0 saturated heterocycles. The van der Waals surface area contributed by atoms with Crippen LogP contribution < -0.4 is 5.73 Å². The number of nitrogens with two attached hydrogens (primary N) is 1. The average Bonchev–Trinajstić information content (AvgIpc) is 2.91. The van der Waals surface area contributed by atoms with Crippen molar-refractivity contribution in [2.75, 3.05) is 5.75 Å². The Kier molecular flexibility index (Phi) is 4.84. The van der Waals surface area contributed by atoms with Crippen LogP contribution in [0.15, 0.2) is 47.7 Å². The van der Waals surface area contributed by atoms with Gasteiger partial charge in [0.1, 0.15) is 5.82 Å². The van der Waals surface area contributed by atoms with Crippen LogP contribution in [0.1, 0.15) is 25.8 Å². The standard InChI is InChI=1S/C18H18FN3OS.CH4/c19-15-5-12(8-21-9-15)11-2-1-3-13(4-11)18-7-16(23)6-14(18)10-24-17(20)22-18;/h1-5,8-9,14,16,23H,6-7,10H2,(H2,20,22);1H4/t14-,16+,18+;/m0./s1. The molecule has 1 fully saturated rings. The van der Waals surface area contributed by atoms with E-state index < -0.39 is 5.54 Å². The summed E-state index contributed by atoms with van der Waals surface area (Å²) in [5, 5.41) is 10.8. The van der Waals surface area contributed by atoms with Crippen molar-refractivity contribution in [2.45, 2.75) is 31.9 Å². The van der Waals surface area contributed by atoms with Gasteiger partial charge in [-0.05, 0) is 29.7 Å². The number of rotatable bonds is 2. The zero-order chi connectivity index (χ0) is 16.7. The zero-order valence-electron chi connectivity index (χ0n) is 13.0. The molecule has 132 valence electrons. The van der Waals surface area contributed by atoms with E-state index in [1.54, 1.807) is 18.0 Å². The summed E-state index contributed by atoms with van der Waals surface area (Å²) in [5.41, 5.74) is 8.16. The number of aliphatic hydroxyl groups is 1. The van der Waals surface area contributed by atoms with Gasteiger partial charge in [-0.25, -0.2) is 4.39 Å². The molecule has 25 heavy (non-hydrogen) atoms. The molecule has 2 aromatic rings. The van der Waals surface area contributed by atoms with Gasteiger partial charge in [-0.1, -0.05) is 37.4 Å². The molecule has 6 heteroatoms. The van der Waals surface area contributed by atoms with Crippen LogP contribution in [0.4, 0.5) is 4.39 Å². The number of hydrogen-bond acceptors (Lipinski definition) is 5. The number of aromatic nitrogens is 1. The van der Waals surface area contributed by atoms with Crippen molar-refractivity contribution in [3.63, 3.8) is 0 Å². The average molecular weight is 359 g/mol. The number of amidine groups is 1. The summed E-state index contributed by atoms with van der Waals surface area (Å²) in [6.45, 7) is 0. The Balaban J connectivity index is 0.00000182. The molecular formula is C19H22FN3OS. The smallest absolute Gasteiger partial charge is 0.154 e. The predicted molar refractivity (Wildman–Crippen MR) is 101 cm³/mol. The molecule has 3 atom stereocenters. The lowest BCUT2D eigenvalue weighted by Crippen LogP contribution is -2.36. The second-order valence-electron chi connectivity index (χ2n) is 6.45. The quantitative estimate of drug-likeness (QED) is 0.860. The van der Waals surface area contributed by atoms with Crippen LogP contribution in [0.2, 0.25) is 0 Å². The lowest BCUT2D eigenvalue weighted by Gasteiger charge is -2.35.